The van der Waals surface area contributed by atoms with Gasteiger partial charge >= 0.3 is 19.8 Å². The van der Waals surface area contributed by atoms with E-state index in [1.807, 2.05) is 0 Å². The molecule has 0 aliphatic carbocycles. The lowest BCUT2D eigenvalue weighted by Gasteiger charge is -2.19. The van der Waals surface area contributed by atoms with Gasteiger partial charge in [0.2, 0.25) is 0 Å². The van der Waals surface area contributed by atoms with E-state index in [4.69, 9.17) is 24.3 Å². The first kappa shape index (κ1) is 79.2. The van der Waals surface area contributed by atoms with Crippen molar-refractivity contribution < 1.29 is 37.6 Å². The zero-order chi connectivity index (χ0) is 60.1. The number of esters is 2. The normalized spacial score (nSPS) is 13.8. The van der Waals surface area contributed by atoms with Crippen molar-refractivity contribution in [3.8, 4) is 0 Å². The SMILES string of the molecule is CC/C=C\C/C=C\C/C=C\C/C=C\C/C=C\C/C=C\C/C=C\C/C=C\C/C=C\C/C=C\CCCCCCCCCCCCC(=O)OC(COC(=O)CCCCCCCCCCC/C=C\CCCCCCCCCC)COP(=O)(O)OCCN. The molecule has 0 aromatic rings. The number of rotatable bonds is 62. The molecule has 0 rings (SSSR count). The Hall–Kier alpha value is -3.85. The van der Waals surface area contributed by atoms with Crippen molar-refractivity contribution in [3.63, 3.8) is 0 Å². The Morgan fingerprint density at radius 3 is 1.00 bits per heavy atom. The van der Waals surface area contributed by atoms with Crippen LogP contribution in [0.3, 0.4) is 0 Å². The summed E-state index contributed by atoms with van der Waals surface area (Å²) in [6.07, 6.45) is 95.3. The van der Waals surface area contributed by atoms with Crippen LogP contribution in [0.15, 0.2) is 134 Å². The molecule has 2 unspecified atom stereocenters. The first-order valence-corrected chi connectivity index (χ1v) is 35.2. The molecule has 0 amide bonds. The van der Waals surface area contributed by atoms with Gasteiger partial charge < -0.3 is 20.1 Å². The number of phosphoric ester groups is 1. The molecule has 0 aliphatic heterocycles. The van der Waals surface area contributed by atoms with E-state index in [1.54, 1.807) is 0 Å². The minimum atomic E-state index is -4.40. The average molecular weight is 1170 g/mol. The first-order valence-electron chi connectivity index (χ1n) is 33.7. The van der Waals surface area contributed by atoms with Crippen LogP contribution in [0.5, 0.6) is 0 Å². The third kappa shape index (κ3) is 67.2. The molecule has 0 radical (unpaired) electrons. The van der Waals surface area contributed by atoms with Gasteiger partial charge in [0.15, 0.2) is 6.10 Å². The molecule has 0 spiro atoms. The summed E-state index contributed by atoms with van der Waals surface area (Å²) in [7, 11) is -4.40. The van der Waals surface area contributed by atoms with Gasteiger partial charge in [0.1, 0.15) is 6.61 Å². The lowest BCUT2D eigenvalue weighted by atomic mass is 10.0. The number of ether oxygens (including phenoxy) is 2. The maximum Gasteiger partial charge on any atom is 0.472 e. The fourth-order valence-corrected chi connectivity index (χ4v) is 9.84. The number of hydrogen-bond acceptors (Lipinski definition) is 8. The lowest BCUT2D eigenvalue weighted by Crippen LogP contribution is -2.29. The van der Waals surface area contributed by atoms with Crippen LogP contribution in [0.4, 0.5) is 0 Å². The van der Waals surface area contributed by atoms with Gasteiger partial charge in [0.05, 0.1) is 13.2 Å². The Morgan fingerprint density at radius 1 is 0.373 bits per heavy atom. The van der Waals surface area contributed by atoms with Gasteiger partial charge in [-0.1, -0.05) is 289 Å². The zero-order valence-electron chi connectivity index (χ0n) is 53.1. The van der Waals surface area contributed by atoms with Crippen LogP contribution < -0.4 is 5.73 Å². The van der Waals surface area contributed by atoms with Crippen molar-refractivity contribution in [2.24, 2.45) is 5.73 Å². The Labute approximate surface area is 510 Å². The summed E-state index contributed by atoms with van der Waals surface area (Å²) >= 11 is 0. The predicted molar refractivity (Wildman–Crippen MR) is 357 cm³/mol. The Balaban J connectivity index is 3.95. The Morgan fingerprint density at radius 2 is 0.663 bits per heavy atom. The van der Waals surface area contributed by atoms with E-state index >= 15 is 0 Å². The molecule has 0 heterocycles. The lowest BCUT2D eigenvalue weighted by molar-refractivity contribution is -0.161. The fourth-order valence-electron chi connectivity index (χ4n) is 9.07. The summed E-state index contributed by atoms with van der Waals surface area (Å²) in [5, 5.41) is 0. The van der Waals surface area contributed by atoms with Gasteiger partial charge in [0, 0.05) is 19.4 Å². The standard InChI is InChI=1S/C73H124NO8P/c1-3-5-7-9-11-13-15-17-19-21-23-25-26-27-28-29-30-31-32-33-34-35-36-37-38-39-40-41-42-43-44-46-48-50-52-54-56-58-60-62-64-66-73(76)82-71(70-81-83(77,78)80-68-67-74)69-79-72(75)65-63-61-59-57-55-53-51-49-47-45-24-22-20-18-16-14-12-10-8-6-4-2/h5,7,11,13,17,19,22-25,27-28,30-31,33-34,36-37,39-40,42-43,71H,3-4,6,8-10,12,14-16,18,20-21,26,29,32,35,38,41,44-70,74H2,1-2H3,(H,77,78)/b7-5-,13-11-,19-17-,24-22-,25-23-,28-27-,31-30-,34-33-,37-36-,40-39-,43-42-. The number of allylic oxidation sites excluding steroid dienone is 22. The maximum absolute atomic E-state index is 12.7. The number of unbranched alkanes of at least 4 members (excludes halogenated alkanes) is 27. The highest BCUT2D eigenvalue weighted by Crippen LogP contribution is 2.43. The molecule has 0 aliphatic rings. The van der Waals surface area contributed by atoms with Crippen molar-refractivity contribution in [1.29, 1.82) is 0 Å². The molecular formula is C73H124NO8P. The van der Waals surface area contributed by atoms with Crippen LogP contribution in [-0.4, -0.2) is 49.3 Å². The van der Waals surface area contributed by atoms with Crippen LogP contribution in [0.25, 0.3) is 0 Å². The molecule has 0 saturated carbocycles. The van der Waals surface area contributed by atoms with Crippen molar-refractivity contribution >= 4 is 19.8 Å². The second-order valence-corrected chi connectivity index (χ2v) is 23.4. The number of carbonyl (C=O) groups excluding carboxylic acids is 2. The quantitative estimate of drug-likeness (QED) is 0.0264. The monoisotopic (exact) mass is 1170 g/mol. The van der Waals surface area contributed by atoms with Crippen LogP contribution >= 0.6 is 7.82 Å². The van der Waals surface area contributed by atoms with Crippen molar-refractivity contribution in [1.82, 2.24) is 0 Å². The number of hydrogen-bond donors (Lipinski definition) is 2. The fraction of sp³-hybridized carbons (Fsp3) is 0.671. The molecule has 10 heteroatoms. The third-order valence-corrected chi connectivity index (χ3v) is 15.0. The van der Waals surface area contributed by atoms with Crippen molar-refractivity contribution in [2.75, 3.05) is 26.4 Å². The largest absolute Gasteiger partial charge is 0.472 e. The predicted octanol–water partition coefficient (Wildman–Crippen LogP) is 22.1. The Kier molecular flexibility index (Phi) is 64.2. The van der Waals surface area contributed by atoms with E-state index in [2.05, 4.69) is 148 Å². The molecule has 0 aromatic carbocycles. The number of nitrogens with two attached hydrogens (primary N) is 1. The molecule has 0 saturated heterocycles. The maximum atomic E-state index is 12.7. The summed E-state index contributed by atoms with van der Waals surface area (Å²) in [4.78, 5) is 35.3. The molecule has 474 valence electrons. The summed E-state index contributed by atoms with van der Waals surface area (Å²) in [6.45, 7) is 3.63. The van der Waals surface area contributed by atoms with E-state index in [1.165, 1.54) is 141 Å². The molecule has 0 aromatic heterocycles. The van der Waals surface area contributed by atoms with Crippen LogP contribution in [0.2, 0.25) is 0 Å². The Bertz CT molecular complexity index is 1820. The summed E-state index contributed by atoms with van der Waals surface area (Å²) in [5.41, 5.74) is 5.39. The number of phosphoric acid groups is 1. The highest BCUT2D eigenvalue weighted by molar-refractivity contribution is 7.47. The molecule has 2 atom stereocenters. The van der Waals surface area contributed by atoms with E-state index in [0.717, 1.165) is 109 Å². The van der Waals surface area contributed by atoms with E-state index in [9.17, 15) is 19.0 Å². The number of carbonyl (C=O) groups is 2. The van der Waals surface area contributed by atoms with Crippen molar-refractivity contribution in [2.45, 2.75) is 290 Å². The highest BCUT2D eigenvalue weighted by atomic mass is 31.2. The van der Waals surface area contributed by atoms with E-state index in [-0.39, 0.29) is 38.6 Å². The topological polar surface area (TPSA) is 134 Å². The van der Waals surface area contributed by atoms with Gasteiger partial charge in [0.25, 0.3) is 0 Å². The molecule has 9 nitrogen and oxygen atoms in total. The highest BCUT2D eigenvalue weighted by Gasteiger charge is 2.26. The zero-order valence-corrected chi connectivity index (χ0v) is 54.0. The second-order valence-electron chi connectivity index (χ2n) is 22.0. The van der Waals surface area contributed by atoms with Crippen LogP contribution in [0.1, 0.15) is 284 Å². The molecule has 3 N–H and O–H groups in total. The summed E-state index contributed by atoms with van der Waals surface area (Å²) in [6, 6.07) is 0. The minimum Gasteiger partial charge on any atom is -0.462 e. The summed E-state index contributed by atoms with van der Waals surface area (Å²) < 4.78 is 33.1. The molecule has 83 heavy (non-hydrogen) atoms. The van der Waals surface area contributed by atoms with Gasteiger partial charge in [-0.2, -0.15) is 0 Å². The van der Waals surface area contributed by atoms with E-state index in [0.29, 0.717) is 6.42 Å². The molecule has 0 bridgehead atoms. The smallest absolute Gasteiger partial charge is 0.462 e. The summed E-state index contributed by atoms with van der Waals surface area (Å²) in [5.74, 6) is -0.835. The first-order chi connectivity index (χ1) is 40.8. The van der Waals surface area contributed by atoms with Gasteiger partial charge in [-0.3, -0.25) is 18.6 Å². The molecular weight excluding hydrogens is 1050 g/mol. The van der Waals surface area contributed by atoms with Crippen LogP contribution in [-0.2, 0) is 32.7 Å². The van der Waals surface area contributed by atoms with Crippen LogP contribution in [0, 0.1) is 0 Å². The third-order valence-electron chi connectivity index (χ3n) is 14.0. The second kappa shape index (κ2) is 67.3. The van der Waals surface area contributed by atoms with Gasteiger partial charge in [-0.25, -0.2) is 4.57 Å². The molecule has 0 fully saturated rings. The van der Waals surface area contributed by atoms with E-state index < -0.39 is 26.5 Å². The van der Waals surface area contributed by atoms with Gasteiger partial charge in [-0.15, -0.1) is 0 Å². The van der Waals surface area contributed by atoms with Crippen molar-refractivity contribution in [3.05, 3.63) is 134 Å². The minimum absolute atomic E-state index is 0.0475. The van der Waals surface area contributed by atoms with Gasteiger partial charge in [-0.05, 0) is 116 Å². The average Bonchev–Trinajstić information content (AvgIpc) is 3.49.